The highest BCUT2D eigenvalue weighted by molar-refractivity contribution is 7.90. The van der Waals surface area contributed by atoms with Gasteiger partial charge in [0.2, 0.25) is 23.6 Å². The minimum Gasteiger partial charge on any atom is -0.479 e. The van der Waals surface area contributed by atoms with E-state index in [-0.39, 0.29) is 89.3 Å². The van der Waals surface area contributed by atoms with E-state index in [4.69, 9.17) is 18.9 Å². The van der Waals surface area contributed by atoms with E-state index in [0.29, 0.717) is 54.4 Å². The molecule has 30 heteroatoms. The molecule has 0 spiro atoms. The quantitative estimate of drug-likeness (QED) is 0.0916. The molecule has 546 valence electrons. The summed E-state index contributed by atoms with van der Waals surface area (Å²) < 4.78 is 94.0. The lowest BCUT2D eigenvalue weighted by Crippen LogP contribution is -2.58. The van der Waals surface area contributed by atoms with Crippen LogP contribution in [0.1, 0.15) is 159 Å². The predicted octanol–water partition coefficient (Wildman–Crippen LogP) is 8.11. The van der Waals surface area contributed by atoms with Crippen LogP contribution in [0.25, 0.3) is 0 Å². The van der Waals surface area contributed by atoms with E-state index in [1.807, 2.05) is 23.0 Å². The summed E-state index contributed by atoms with van der Waals surface area (Å²) in [5.74, 6) is -7.56. The van der Waals surface area contributed by atoms with Gasteiger partial charge in [0.1, 0.15) is 76.1 Å². The lowest BCUT2D eigenvalue weighted by molar-refractivity contribution is -0.145. The molecule has 3 aromatic rings. The second kappa shape index (κ2) is 30.2. The van der Waals surface area contributed by atoms with E-state index in [1.54, 1.807) is 71.9 Å². The molecule has 0 bridgehead atoms. The van der Waals surface area contributed by atoms with E-state index in [2.05, 4.69) is 21.3 Å². The van der Waals surface area contributed by atoms with Gasteiger partial charge in [-0.05, 0) is 141 Å². The number of rotatable bonds is 8. The van der Waals surface area contributed by atoms with E-state index < -0.39 is 157 Å². The zero-order valence-corrected chi connectivity index (χ0v) is 58.4. The van der Waals surface area contributed by atoms with Gasteiger partial charge in [-0.25, -0.2) is 50.3 Å². The standard InChI is InChI=1S/C39H47F2N5O9S.C32H41FN4O8/c1-23-15-16-27(18-30(23)41)56(52,53)44-35(49)39-19-25(39)12-8-6-5-7-9-14-31(42-36(50)55-38(2,3)4)34(48)46-21-26(17-32(46)33(47)43-39)54-37(51)45-20-24-11-10-13-29(40)28(24)22-45;1-31(2,3)45-29(42)34-24-13-8-6-4-5-7-11-20-15-32(20,28(40)41)35-26(38)25-14-21(17-37(25)27(24)39)44-30(43)36-16-19-10-9-12-23(33)22(19)18-36/h8,10-13,15-16,18,25-26,31-32H,5-7,9,14,17,19-22H2,1-4H3,(H,42,50)(H,43,47)(H,44,49);7,9-12,20-21,24-25H,4-6,8,13-18H2,1-3H3,(H,34,42)(H,35,38)(H,40,41)/b12-8-;11-7-/t25-,26-,31+,32+,39-;20-,21-,24+,25+,32-/m11/s1. The molecule has 26 nitrogen and oxygen atoms in total. The van der Waals surface area contributed by atoms with Gasteiger partial charge in [0.15, 0.2) is 0 Å². The number of nitrogens with one attached hydrogen (secondary N) is 5. The first-order chi connectivity index (χ1) is 47.6. The van der Waals surface area contributed by atoms with Crippen LogP contribution in [0, 0.1) is 36.2 Å². The molecule has 6 aliphatic heterocycles. The smallest absolute Gasteiger partial charge is 0.410 e. The number of hydrogen-bond acceptors (Lipinski definition) is 16. The first-order valence-electron chi connectivity index (χ1n) is 34.2. The number of carboxylic acids is 1. The van der Waals surface area contributed by atoms with Crippen molar-refractivity contribution in [2.45, 2.75) is 228 Å². The Hall–Kier alpha value is -9.22. The Labute approximate surface area is 583 Å². The SMILES string of the molecule is CC(C)(C)OC(=O)N[C@H]1CCCCC/C=C\[C@@H]2C[C@@]2(C(=O)O)NC(=O)[C@@H]2C[C@@H](OC(=O)N3Cc4cccc(F)c4C3)CN2C1=O.Cc1ccc(S(=O)(=O)NC(=O)[C@@]23C[C@H]2/C=C\CCCCC[C@H](NC(=O)OC(C)(C)C)C(=O)N2C[C@H](OC(=O)N4Cc5cccc(F)c5C4)C[C@H]2C(=O)N3)cc1F. The van der Waals surface area contributed by atoms with E-state index in [0.717, 1.165) is 31.4 Å². The number of carboxylic acid groups (broad SMARTS) is 1. The average Bonchev–Trinajstić information content (AvgIpc) is 1.58. The van der Waals surface area contributed by atoms with Crippen LogP contribution in [0.2, 0.25) is 0 Å². The van der Waals surface area contributed by atoms with E-state index in [1.165, 1.54) is 44.7 Å². The number of carbonyl (C=O) groups excluding carboxylic acids is 9. The maximum absolute atomic E-state index is 14.5. The molecule has 2 saturated heterocycles. The molecule has 6 N–H and O–H groups in total. The Balaban J connectivity index is 0.000000223. The highest BCUT2D eigenvalue weighted by atomic mass is 32.2. The second-order valence-electron chi connectivity index (χ2n) is 29.2. The molecular weight excluding hydrogens is 1340 g/mol. The summed E-state index contributed by atoms with van der Waals surface area (Å²) in [6, 6.07) is 7.77. The molecule has 6 heterocycles. The van der Waals surface area contributed by atoms with Crippen molar-refractivity contribution in [3.05, 3.63) is 124 Å². The normalized spacial score (nSPS) is 27.5. The van der Waals surface area contributed by atoms with Gasteiger partial charge >= 0.3 is 30.3 Å². The van der Waals surface area contributed by atoms with Crippen LogP contribution in [0.5, 0.6) is 0 Å². The molecule has 2 saturated carbocycles. The van der Waals surface area contributed by atoms with E-state index in [9.17, 15) is 74.6 Å². The van der Waals surface area contributed by atoms with Crippen molar-refractivity contribution in [3.63, 3.8) is 0 Å². The van der Waals surface area contributed by atoms with Crippen molar-refractivity contribution in [1.29, 1.82) is 0 Å². The van der Waals surface area contributed by atoms with Crippen LogP contribution < -0.4 is 26.0 Å². The number of aliphatic carboxylic acids is 1. The summed E-state index contributed by atoms with van der Waals surface area (Å²) in [5, 5.41) is 20.7. The third-order valence-electron chi connectivity index (χ3n) is 19.2. The number of alkyl carbamates (subject to hydrolysis) is 2. The summed E-state index contributed by atoms with van der Waals surface area (Å²) in [6.07, 6.45) is 8.14. The van der Waals surface area contributed by atoms with Crippen LogP contribution in [0.4, 0.5) is 32.3 Å². The minimum atomic E-state index is -4.57. The van der Waals surface area contributed by atoms with Crippen molar-refractivity contribution in [2.24, 2.45) is 11.8 Å². The highest BCUT2D eigenvalue weighted by Gasteiger charge is 2.63. The number of hydrogen-bond donors (Lipinski definition) is 6. The van der Waals surface area contributed by atoms with Gasteiger partial charge in [0, 0.05) is 48.9 Å². The number of fused-ring (bicyclic) bond motifs is 6. The van der Waals surface area contributed by atoms with Crippen LogP contribution >= 0.6 is 0 Å². The third-order valence-corrected chi connectivity index (χ3v) is 20.6. The fourth-order valence-corrected chi connectivity index (χ4v) is 14.7. The molecule has 101 heavy (non-hydrogen) atoms. The van der Waals surface area contributed by atoms with Crippen molar-refractivity contribution in [1.82, 2.24) is 45.6 Å². The van der Waals surface area contributed by atoms with Crippen LogP contribution in [-0.4, -0.2) is 165 Å². The van der Waals surface area contributed by atoms with Crippen molar-refractivity contribution < 1.29 is 93.6 Å². The lowest BCUT2D eigenvalue weighted by Gasteiger charge is -2.30. The van der Waals surface area contributed by atoms with Crippen LogP contribution in [0.15, 0.2) is 83.8 Å². The van der Waals surface area contributed by atoms with Gasteiger partial charge in [0.05, 0.1) is 31.1 Å². The second-order valence-corrected chi connectivity index (χ2v) is 30.9. The summed E-state index contributed by atoms with van der Waals surface area (Å²) in [6.45, 7) is 11.4. The fraction of sp³-hybridized carbons (Fsp3) is 0.549. The number of ether oxygens (including phenoxy) is 4. The molecule has 10 atom stereocenters. The molecule has 0 unspecified atom stereocenters. The van der Waals surface area contributed by atoms with Gasteiger partial charge in [-0.2, -0.15) is 0 Å². The summed E-state index contributed by atoms with van der Waals surface area (Å²) in [7, 11) is -4.57. The predicted molar refractivity (Wildman–Crippen MR) is 355 cm³/mol. The molecule has 8 aliphatic rings. The highest BCUT2D eigenvalue weighted by Crippen LogP contribution is 2.47. The Morgan fingerprint density at radius 2 is 1.04 bits per heavy atom. The Morgan fingerprint density at radius 1 is 0.594 bits per heavy atom. The number of nitrogens with zero attached hydrogens (tertiary/aromatic N) is 4. The largest absolute Gasteiger partial charge is 0.479 e. The minimum absolute atomic E-state index is 0.0258. The van der Waals surface area contributed by atoms with Crippen molar-refractivity contribution in [2.75, 3.05) is 13.1 Å². The Morgan fingerprint density at radius 3 is 1.48 bits per heavy atom. The number of allylic oxidation sites excluding steroid dienone is 2. The Kier molecular flexibility index (Phi) is 22.2. The Bertz CT molecular complexity index is 3940. The molecule has 11 rings (SSSR count). The zero-order chi connectivity index (χ0) is 73.1. The monoisotopic (exact) mass is 1430 g/mol. The summed E-state index contributed by atoms with van der Waals surface area (Å²) in [5.41, 5.74) is -2.64. The van der Waals surface area contributed by atoms with Gasteiger partial charge in [-0.3, -0.25) is 33.8 Å². The van der Waals surface area contributed by atoms with Crippen molar-refractivity contribution in [3.8, 4) is 0 Å². The average molecular weight is 1430 g/mol. The molecular formula is C71H88F3N9O17S. The van der Waals surface area contributed by atoms with Gasteiger partial charge in [0.25, 0.3) is 15.9 Å². The maximum atomic E-state index is 14.5. The number of carbonyl (C=O) groups is 10. The number of sulfonamides is 1. The lowest BCUT2D eigenvalue weighted by atomic mass is 10.0. The van der Waals surface area contributed by atoms with Gasteiger partial charge in [-0.1, -0.05) is 80.3 Å². The van der Waals surface area contributed by atoms with Gasteiger partial charge < -0.3 is 55.1 Å². The molecule has 3 aromatic carbocycles. The third kappa shape index (κ3) is 17.7. The first-order valence-corrected chi connectivity index (χ1v) is 35.7. The molecule has 0 aromatic heterocycles. The van der Waals surface area contributed by atoms with Crippen LogP contribution in [-0.2, 0) is 83.9 Å². The first kappa shape index (κ1) is 74.5. The number of halogens is 3. The number of benzene rings is 3. The fourth-order valence-electron chi connectivity index (χ4n) is 13.7. The zero-order valence-electron chi connectivity index (χ0n) is 57.6. The summed E-state index contributed by atoms with van der Waals surface area (Å²) >= 11 is 0. The van der Waals surface area contributed by atoms with Gasteiger partial charge in [-0.15, -0.1) is 0 Å². The number of amides is 9. The molecule has 2 aliphatic carbocycles. The van der Waals surface area contributed by atoms with E-state index >= 15 is 0 Å². The molecule has 9 amide bonds. The van der Waals surface area contributed by atoms with Crippen LogP contribution in [0.3, 0.4) is 0 Å². The number of aryl methyl sites for hydroxylation is 1. The molecule has 4 fully saturated rings. The van der Waals surface area contributed by atoms with Crippen molar-refractivity contribution >= 4 is 69.9 Å². The molecule has 0 radical (unpaired) electrons. The topological polar surface area (TPSA) is 335 Å². The summed E-state index contributed by atoms with van der Waals surface area (Å²) in [4.78, 5) is 139. The maximum Gasteiger partial charge on any atom is 0.410 e.